The fraction of sp³-hybridized carbons (Fsp3) is 0.639. The van der Waals surface area contributed by atoms with Crippen molar-refractivity contribution in [1.29, 1.82) is 0 Å². The van der Waals surface area contributed by atoms with E-state index in [1.807, 2.05) is 24.8 Å². The predicted octanol–water partition coefficient (Wildman–Crippen LogP) is 7.11. The number of likely N-dealkylation sites (tertiary alicyclic amines) is 3. The first-order valence-corrected chi connectivity index (χ1v) is 17.4. The van der Waals surface area contributed by atoms with Crippen molar-refractivity contribution >= 4 is 17.5 Å². The van der Waals surface area contributed by atoms with E-state index in [2.05, 4.69) is 21.9 Å². The largest absolute Gasteiger partial charge is 0.490 e. The molecule has 0 radical (unpaired) electrons. The Labute approximate surface area is 268 Å². The van der Waals surface area contributed by atoms with E-state index in [-0.39, 0.29) is 23.3 Å². The van der Waals surface area contributed by atoms with Crippen LogP contribution in [0.2, 0.25) is 5.02 Å². The Morgan fingerprint density at radius 1 is 0.932 bits per heavy atom. The summed E-state index contributed by atoms with van der Waals surface area (Å²) < 4.78 is 26.6. The molecule has 0 N–H and O–H groups in total. The predicted molar refractivity (Wildman–Crippen MR) is 176 cm³/mol. The van der Waals surface area contributed by atoms with Crippen molar-refractivity contribution in [1.82, 2.24) is 14.7 Å². The minimum atomic E-state index is -0.423. The summed E-state index contributed by atoms with van der Waals surface area (Å²) in [5.74, 6) is 1.02. The van der Waals surface area contributed by atoms with E-state index >= 15 is 0 Å². The molecule has 0 aromatic heterocycles. The summed E-state index contributed by atoms with van der Waals surface area (Å²) in [5.41, 5.74) is 1.23. The minimum absolute atomic E-state index is 0.0287. The highest BCUT2D eigenvalue weighted by atomic mass is 35.5. The molecule has 5 rings (SSSR count). The van der Waals surface area contributed by atoms with Crippen molar-refractivity contribution in [2.24, 2.45) is 0 Å². The first-order valence-electron chi connectivity index (χ1n) is 17.0. The van der Waals surface area contributed by atoms with Gasteiger partial charge in [0.05, 0.1) is 19.6 Å². The second-order valence-corrected chi connectivity index (χ2v) is 13.3. The average molecular weight is 628 g/mol. The summed E-state index contributed by atoms with van der Waals surface area (Å²) in [4.78, 5) is 21.1. The molecule has 3 saturated heterocycles. The molecule has 3 heterocycles. The fourth-order valence-electron chi connectivity index (χ4n) is 7.60. The van der Waals surface area contributed by atoms with Gasteiger partial charge < -0.3 is 24.2 Å². The lowest BCUT2D eigenvalue weighted by Gasteiger charge is -2.42. The molecule has 6 nitrogen and oxygen atoms in total. The van der Waals surface area contributed by atoms with Crippen LogP contribution in [0.4, 0.5) is 4.39 Å². The van der Waals surface area contributed by atoms with E-state index in [4.69, 9.17) is 21.1 Å². The average Bonchev–Trinajstić information content (AvgIpc) is 3.27. The molecule has 2 aromatic rings. The summed E-state index contributed by atoms with van der Waals surface area (Å²) >= 11 is 6.33. The van der Waals surface area contributed by atoms with Gasteiger partial charge in [0.1, 0.15) is 5.82 Å². The molecule has 44 heavy (non-hydrogen) atoms. The maximum absolute atomic E-state index is 14.7. The quantitative estimate of drug-likeness (QED) is 0.266. The molecule has 3 fully saturated rings. The van der Waals surface area contributed by atoms with Gasteiger partial charge in [0.25, 0.3) is 0 Å². The number of halogens is 2. The van der Waals surface area contributed by atoms with Gasteiger partial charge in [0.15, 0.2) is 11.5 Å². The Morgan fingerprint density at radius 3 is 2.39 bits per heavy atom. The van der Waals surface area contributed by atoms with Crippen LogP contribution in [0.3, 0.4) is 0 Å². The topological polar surface area (TPSA) is 45.2 Å². The van der Waals surface area contributed by atoms with Gasteiger partial charge >= 0.3 is 0 Å². The maximum atomic E-state index is 14.7. The molecule has 3 aliphatic heterocycles. The van der Waals surface area contributed by atoms with E-state index in [1.165, 1.54) is 56.8 Å². The van der Waals surface area contributed by atoms with Crippen molar-refractivity contribution in [3.05, 3.63) is 58.4 Å². The zero-order valence-corrected chi connectivity index (χ0v) is 27.6. The third-order valence-corrected chi connectivity index (χ3v) is 10.4. The minimum Gasteiger partial charge on any atom is -0.490 e. The smallest absolute Gasteiger partial charge is 0.227 e. The van der Waals surface area contributed by atoms with Crippen molar-refractivity contribution in [2.45, 2.75) is 89.5 Å². The molecule has 3 aliphatic rings. The summed E-state index contributed by atoms with van der Waals surface area (Å²) in [7, 11) is 0. The second kappa shape index (κ2) is 15.8. The van der Waals surface area contributed by atoms with Crippen LogP contribution in [0.15, 0.2) is 36.4 Å². The van der Waals surface area contributed by atoms with Gasteiger partial charge in [-0.3, -0.25) is 4.79 Å². The number of hydrogen-bond acceptors (Lipinski definition) is 5. The molecule has 0 bridgehead atoms. The van der Waals surface area contributed by atoms with Gasteiger partial charge in [-0.1, -0.05) is 36.6 Å². The molecule has 0 saturated carbocycles. The van der Waals surface area contributed by atoms with Gasteiger partial charge in [-0.05, 0) is 121 Å². The lowest BCUT2D eigenvalue weighted by atomic mass is 9.73. The number of amides is 1. The Hall–Kier alpha value is -2.35. The molecular weight excluding hydrogens is 577 g/mol. The summed E-state index contributed by atoms with van der Waals surface area (Å²) in [6.07, 6.45) is 10.4. The first kappa shape index (κ1) is 33.0. The van der Waals surface area contributed by atoms with Crippen LogP contribution >= 0.6 is 11.6 Å². The van der Waals surface area contributed by atoms with Gasteiger partial charge in [-0.15, -0.1) is 0 Å². The van der Waals surface area contributed by atoms with E-state index in [0.29, 0.717) is 31.3 Å². The van der Waals surface area contributed by atoms with Gasteiger partial charge in [-0.2, -0.15) is 0 Å². The van der Waals surface area contributed by atoms with Crippen molar-refractivity contribution in [3.8, 4) is 11.5 Å². The summed E-state index contributed by atoms with van der Waals surface area (Å²) in [6.45, 7) is 12.1. The van der Waals surface area contributed by atoms with Crippen LogP contribution in [0.25, 0.3) is 0 Å². The lowest BCUT2D eigenvalue weighted by Crippen LogP contribution is -2.48. The number of carbonyl (C=O) groups is 1. The van der Waals surface area contributed by atoms with Gasteiger partial charge in [-0.25, -0.2) is 4.39 Å². The van der Waals surface area contributed by atoms with E-state index < -0.39 is 5.82 Å². The van der Waals surface area contributed by atoms with E-state index in [0.717, 1.165) is 62.9 Å². The molecule has 2 aromatic carbocycles. The zero-order valence-electron chi connectivity index (χ0n) is 26.8. The fourth-order valence-corrected chi connectivity index (χ4v) is 7.83. The number of piperidine rings is 2. The van der Waals surface area contributed by atoms with Crippen LogP contribution in [0.5, 0.6) is 11.5 Å². The normalized spacial score (nSPS) is 22.5. The summed E-state index contributed by atoms with van der Waals surface area (Å²) in [6, 6.07) is 11.7. The van der Waals surface area contributed by atoms with Crippen LogP contribution in [0, 0.1) is 5.82 Å². The van der Waals surface area contributed by atoms with Crippen molar-refractivity contribution in [2.75, 3.05) is 59.0 Å². The van der Waals surface area contributed by atoms with E-state index in [1.54, 1.807) is 12.1 Å². The molecule has 1 amide bonds. The standard InChI is InChI=1S/C36H51ClFN3O3/c1-3-43-33-14-13-28(25-34(33)44-4-2)36(18-24-39-22-15-29(16-23-39)40-19-7-5-8-20-40)17-6-9-21-41(27-36)35(42)26-30-31(37)11-10-12-32(30)38/h10-14,25,29H,3-9,15-24,26-27H2,1-2H3/t36-/m1/s1. The van der Waals surface area contributed by atoms with Crippen LogP contribution in [-0.4, -0.2) is 85.7 Å². The SMILES string of the molecule is CCOc1ccc([C@@]2(CCN3CCC(N4CCCCC4)CC3)CCCCN(C(=O)Cc3c(F)cccc3Cl)C2)cc1OCC. The lowest BCUT2D eigenvalue weighted by molar-refractivity contribution is -0.131. The van der Waals surface area contributed by atoms with Crippen LogP contribution < -0.4 is 9.47 Å². The molecule has 8 heteroatoms. The maximum Gasteiger partial charge on any atom is 0.227 e. The molecule has 1 atom stereocenters. The number of rotatable bonds is 11. The number of ether oxygens (including phenoxy) is 2. The summed E-state index contributed by atoms with van der Waals surface area (Å²) in [5, 5.41) is 0.306. The number of nitrogens with zero attached hydrogens (tertiary/aromatic N) is 3. The highest BCUT2D eigenvalue weighted by Gasteiger charge is 2.39. The highest BCUT2D eigenvalue weighted by molar-refractivity contribution is 6.31. The highest BCUT2D eigenvalue weighted by Crippen LogP contribution is 2.41. The van der Waals surface area contributed by atoms with Gasteiger partial charge in [0, 0.05) is 35.1 Å². The first-order chi connectivity index (χ1) is 21.4. The van der Waals surface area contributed by atoms with Crippen molar-refractivity contribution < 1.29 is 18.7 Å². The van der Waals surface area contributed by atoms with E-state index in [9.17, 15) is 9.18 Å². The van der Waals surface area contributed by atoms with Gasteiger partial charge in [0.2, 0.25) is 5.91 Å². The zero-order chi connectivity index (χ0) is 30.9. The Bertz CT molecular complexity index is 1210. The molecule has 242 valence electrons. The second-order valence-electron chi connectivity index (χ2n) is 12.9. The number of benzene rings is 2. The Morgan fingerprint density at radius 2 is 1.66 bits per heavy atom. The Balaban J connectivity index is 1.37. The third-order valence-electron chi connectivity index (χ3n) is 10.1. The monoisotopic (exact) mass is 627 g/mol. The molecule has 0 unspecified atom stereocenters. The Kier molecular flexibility index (Phi) is 11.8. The number of carbonyl (C=O) groups excluding carboxylic acids is 1. The van der Waals surface area contributed by atoms with Crippen LogP contribution in [0.1, 0.15) is 82.8 Å². The third kappa shape index (κ3) is 8.07. The van der Waals surface area contributed by atoms with Crippen LogP contribution in [-0.2, 0) is 16.6 Å². The van der Waals surface area contributed by atoms with Crippen molar-refractivity contribution in [3.63, 3.8) is 0 Å². The molecule has 0 aliphatic carbocycles. The molecular formula is C36H51ClFN3O3. The molecule has 0 spiro atoms. The number of hydrogen-bond donors (Lipinski definition) is 0.